The van der Waals surface area contributed by atoms with Crippen LogP contribution in [-0.2, 0) is 16.0 Å². The second kappa shape index (κ2) is 6.42. The van der Waals surface area contributed by atoms with Gasteiger partial charge in [-0.05, 0) is 18.4 Å². The molecule has 0 radical (unpaired) electrons. The Morgan fingerprint density at radius 2 is 2.06 bits per heavy atom. The molecule has 0 aromatic heterocycles. The first kappa shape index (κ1) is 12.9. The topological polar surface area (TPSA) is 69.4 Å². The van der Waals surface area contributed by atoms with E-state index in [1.54, 1.807) is 12.1 Å². The highest BCUT2D eigenvalue weighted by Gasteiger charge is 2.03. The van der Waals surface area contributed by atoms with Gasteiger partial charge >= 0.3 is 5.97 Å². The van der Waals surface area contributed by atoms with E-state index in [0.29, 0.717) is 19.4 Å². The van der Waals surface area contributed by atoms with Crippen molar-refractivity contribution in [3.05, 3.63) is 52.6 Å². The first-order valence-corrected chi connectivity index (χ1v) is 5.16. The molecule has 0 aliphatic rings. The molecule has 0 heterocycles. The van der Waals surface area contributed by atoms with Gasteiger partial charge in [0, 0.05) is 18.2 Å². The standard InChI is InChI=1S/C12H13NO4/c1-2-12(14)17-9-3-4-10-5-7-11(8-6-10)13(15)16/h2,5-8H,1,3-4,9H2. The van der Waals surface area contributed by atoms with Crippen molar-refractivity contribution in [1.29, 1.82) is 0 Å². The van der Waals surface area contributed by atoms with Gasteiger partial charge in [0.15, 0.2) is 0 Å². The third-order valence-electron chi connectivity index (χ3n) is 2.17. The number of hydrogen-bond acceptors (Lipinski definition) is 4. The second-order valence-corrected chi connectivity index (χ2v) is 3.40. The summed E-state index contributed by atoms with van der Waals surface area (Å²) < 4.78 is 4.81. The molecule has 1 aromatic rings. The highest BCUT2D eigenvalue weighted by atomic mass is 16.6. The fourth-order valence-corrected chi connectivity index (χ4v) is 1.29. The van der Waals surface area contributed by atoms with Crippen LogP contribution < -0.4 is 0 Å². The second-order valence-electron chi connectivity index (χ2n) is 3.40. The summed E-state index contributed by atoms with van der Waals surface area (Å²) in [5.41, 5.74) is 1.05. The van der Waals surface area contributed by atoms with Crippen molar-refractivity contribution in [1.82, 2.24) is 0 Å². The first-order chi connectivity index (χ1) is 8.13. The summed E-state index contributed by atoms with van der Waals surface area (Å²) in [5, 5.41) is 10.4. The molecule has 0 aliphatic carbocycles. The fourth-order valence-electron chi connectivity index (χ4n) is 1.29. The van der Waals surface area contributed by atoms with E-state index in [-0.39, 0.29) is 5.69 Å². The predicted molar refractivity (Wildman–Crippen MR) is 62.6 cm³/mol. The average molecular weight is 235 g/mol. The van der Waals surface area contributed by atoms with E-state index in [1.807, 2.05) is 0 Å². The molecule has 17 heavy (non-hydrogen) atoms. The van der Waals surface area contributed by atoms with Crippen molar-refractivity contribution >= 4 is 11.7 Å². The van der Waals surface area contributed by atoms with Crippen LogP contribution in [0, 0.1) is 10.1 Å². The molecular formula is C12H13NO4. The van der Waals surface area contributed by atoms with Crippen molar-refractivity contribution in [3.8, 4) is 0 Å². The molecule has 0 saturated heterocycles. The number of non-ortho nitro benzene ring substituents is 1. The molecule has 0 saturated carbocycles. The van der Waals surface area contributed by atoms with Crippen LogP contribution in [0.3, 0.4) is 0 Å². The van der Waals surface area contributed by atoms with Crippen LogP contribution in [-0.4, -0.2) is 17.5 Å². The molecule has 0 spiro atoms. The third kappa shape index (κ3) is 4.46. The summed E-state index contributed by atoms with van der Waals surface area (Å²) >= 11 is 0. The van der Waals surface area contributed by atoms with Gasteiger partial charge in [0.25, 0.3) is 5.69 Å². The Morgan fingerprint density at radius 1 is 1.41 bits per heavy atom. The summed E-state index contributed by atoms with van der Waals surface area (Å²) in [6, 6.07) is 6.33. The maximum Gasteiger partial charge on any atom is 0.330 e. The lowest BCUT2D eigenvalue weighted by Gasteiger charge is -2.02. The number of hydrogen-bond donors (Lipinski definition) is 0. The van der Waals surface area contributed by atoms with Gasteiger partial charge in [-0.1, -0.05) is 18.7 Å². The number of nitro benzene ring substituents is 1. The number of nitro groups is 1. The van der Waals surface area contributed by atoms with E-state index >= 15 is 0 Å². The molecule has 0 fully saturated rings. The zero-order valence-corrected chi connectivity index (χ0v) is 9.30. The van der Waals surface area contributed by atoms with E-state index in [9.17, 15) is 14.9 Å². The summed E-state index contributed by atoms with van der Waals surface area (Å²) in [5.74, 6) is -0.436. The number of carbonyl (C=O) groups excluding carboxylic acids is 1. The van der Waals surface area contributed by atoms with Gasteiger partial charge in [0.1, 0.15) is 0 Å². The number of esters is 1. The lowest BCUT2D eigenvalue weighted by molar-refractivity contribution is -0.384. The zero-order chi connectivity index (χ0) is 12.7. The Hall–Kier alpha value is -2.17. The number of nitrogens with zero attached hydrogens (tertiary/aromatic N) is 1. The minimum Gasteiger partial charge on any atom is -0.463 e. The molecule has 0 N–H and O–H groups in total. The minimum absolute atomic E-state index is 0.0758. The summed E-state index contributed by atoms with van der Waals surface area (Å²) in [4.78, 5) is 20.7. The Balaban J connectivity index is 2.35. The van der Waals surface area contributed by atoms with Crippen molar-refractivity contribution in [2.75, 3.05) is 6.61 Å². The van der Waals surface area contributed by atoms with E-state index in [4.69, 9.17) is 4.74 Å². The Bertz CT molecular complexity index is 411. The summed E-state index contributed by atoms with van der Waals surface area (Å²) in [7, 11) is 0. The molecular weight excluding hydrogens is 222 g/mol. The minimum atomic E-state index is -0.436. The Labute approximate surface area is 98.9 Å². The van der Waals surface area contributed by atoms with Gasteiger partial charge in [-0.15, -0.1) is 0 Å². The van der Waals surface area contributed by atoms with Crippen LogP contribution in [0.4, 0.5) is 5.69 Å². The number of rotatable bonds is 6. The average Bonchev–Trinajstić information content (AvgIpc) is 2.34. The molecule has 1 rings (SSSR count). The van der Waals surface area contributed by atoms with Crippen LogP contribution >= 0.6 is 0 Å². The monoisotopic (exact) mass is 235 g/mol. The molecule has 0 atom stereocenters. The molecule has 0 amide bonds. The highest BCUT2D eigenvalue weighted by molar-refractivity contribution is 5.81. The molecule has 0 bridgehead atoms. The van der Waals surface area contributed by atoms with Gasteiger partial charge in [-0.2, -0.15) is 0 Å². The Kier molecular flexibility index (Phi) is 4.87. The van der Waals surface area contributed by atoms with Crippen LogP contribution in [0.25, 0.3) is 0 Å². The van der Waals surface area contributed by atoms with E-state index < -0.39 is 10.9 Å². The number of benzene rings is 1. The molecule has 0 unspecified atom stereocenters. The number of ether oxygens (including phenoxy) is 1. The smallest absolute Gasteiger partial charge is 0.330 e. The first-order valence-electron chi connectivity index (χ1n) is 5.16. The third-order valence-corrected chi connectivity index (χ3v) is 2.17. The quantitative estimate of drug-likeness (QED) is 0.249. The van der Waals surface area contributed by atoms with Crippen LogP contribution in [0.2, 0.25) is 0 Å². The summed E-state index contributed by atoms with van der Waals surface area (Å²) in [6.45, 7) is 3.61. The van der Waals surface area contributed by atoms with Crippen molar-refractivity contribution in [2.45, 2.75) is 12.8 Å². The normalized spacial score (nSPS) is 9.65. The van der Waals surface area contributed by atoms with E-state index in [1.165, 1.54) is 12.1 Å². The maximum atomic E-state index is 10.7. The van der Waals surface area contributed by atoms with Crippen molar-refractivity contribution in [2.24, 2.45) is 0 Å². The van der Waals surface area contributed by atoms with E-state index in [0.717, 1.165) is 11.6 Å². The lowest BCUT2D eigenvalue weighted by atomic mass is 10.1. The van der Waals surface area contributed by atoms with Crippen LogP contribution in [0.15, 0.2) is 36.9 Å². The number of aryl methyl sites for hydroxylation is 1. The van der Waals surface area contributed by atoms with Crippen molar-refractivity contribution < 1.29 is 14.5 Å². The largest absolute Gasteiger partial charge is 0.463 e. The van der Waals surface area contributed by atoms with E-state index in [2.05, 4.69) is 6.58 Å². The summed E-state index contributed by atoms with van der Waals surface area (Å²) in [6.07, 6.45) is 2.51. The number of carbonyl (C=O) groups is 1. The lowest BCUT2D eigenvalue weighted by Crippen LogP contribution is -2.02. The molecule has 5 heteroatoms. The van der Waals surface area contributed by atoms with Crippen molar-refractivity contribution in [3.63, 3.8) is 0 Å². The zero-order valence-electron chi connectivity index (χ0n) is 9.30. The maximum absolute atomic E-state index is 10.7. The predicted octanol–water partition coefficient (Wildman–Crippen LogP) is 2.26. The SMILES string of the molecule is C=CC(=O)OCCCc1ccc([N+](=O)[O-])cc1. The Morgan fingerprint density at radius 3 is 2.59 bits per heavy atom. The molecule has 5 nitrogen and oxygen atoms in total. The van der Waals surface area contributed by atoms with Gasteiger partial charge in [0.05, 0.1) is 11.5 Å². The molecule has 0 aliphatic heterocycles. The van der Waals surface area contributed by atoms with Crippen LogP contribution in [0.5, 0.6) is 0 Å². The van der Waals surface area contributed by atoms with Gasteiger partial charge in [0.2, 0.25) is 0 Å². The molecule has 90 valence electrons. The van der Waals surface area contributed by atoms with Gasteiger partial charge in [-0.3, -0.25) is 10.1 Å². The highest BCUT2D eigenvalue weighted by Crippen LogP contribution is 2.12. The van der Waals surface area contributed by atoms with Gasteiger partial charge in [-0.25, -0.2) is 4.79 Å². The van der Waals surface area contributed by atoms with Crippen LogP contribution in [0.1, 0.15) is 12.0 Å². The van der Waals surface area contributed by atoms with Gasteiger partial charge < -0.3 is 4.74 Å². The fraction of sp³-hybridized carbons (Fsp3) is 0.250. The molecule has 1 aromatic carbocycles.